The molecular weight excluding hydrogens is 394 g/mol. The SMILES string of the molecule is COc1ccc(C2=NCCN2)cc1-c1cc(-c2cc(C3=NCCN3)ccc2OC)on1. The van der Waals surface area contributed by atoms with Crippen LogP contribution in [0.2, 0.25) is 0 Å². The summed E-state index contributed by atoms with van der Waals surface area (Å²) in [7, 11) is 3.29. The van der Waals surface area contributed by atoms with Crippen LogP contribution in [0.4, 0.5) is 0 Å². The maximum Gasteiger partial charge on any atom is 0.171 e. The predicted octanol–water partition coefficient (Wildman–Crippen LogP) is 2.73. The summed E-state index contributed by atoms with van der Waals surface area (Å²) in [5.41, 5.74) is 4.30. The highest BCUT2D eigenvalue weighted by Crippen LogP contribution is 2.36. The Labute approximate surface area is 180 Å². The molecular formula is C23H23N5O3. The topological polar surface area (TPSA) is 93.3 Å². The number of methoxy groups -OCH3 is 2. The summed E-state index contributed by atoms with van der Waals surface area (Å²) >= 11 is 0. The first-order valence-electron chi connectivity index (χ1n) is 10.2. The molecule has 158 valence electrons. The van der Waals surface area contributed by atoms with Gasteiger partial charge in [0.05, 0.1) is 32.9 Å². The number of rotatable bonds is 6. The molecule has 2 aliphatic rings. The number of benzene rings is 2. The molecule has 0 aliphatic carbocycles. The smallest absolute Gasteiger partial charge is 0.171 e. The van der Waals surface area contributed by atoms with Crippen molar-refractivity contribution in [1.82, 2.24) is 15.8 Å². The largest absolute Gasteiger partial charge is 0.496 e. The van der Waals surface area contributed by atoms with Gasteiger partial charge < -0.3 is 24.6 Å². The molecule has 5 rings (SSSR count). The second kappa shape index (κ2) is 8.14. The standard InChI is InChI=1S/C23H23N5O3/c1-29-19-5-3-14(22-24-7-8-25-22)11-16(19)18-13-21(31-28-18)17-12-15(4-6-20(17)30-2)23-26-9-10-27-23/h3-6,11-13H,7-10H2,1-2H3,(H,24,25)(H,26,27). The van der Waals surface area contributed by atoms with Crippen LogP contribution in [0.25, 0.3) is 22.6 Å². The summed E-state index contributed by atoms with van der Waals surface area (Å²) in [6, 6.07) is 13.7. The highest BCUT2D eigenvalue weighted by molar-refractivity contribution is 6.02. The Morgan fingerprint density at radius 2 is 1.35 bits per heavy atom. The van der Waals surface area contributed by atoms with Crippen molar-refractivity contribution in [2.45, 2.75) is 0 Å². The van der Waals surface area contributed by atoms with Gasteiger partial charge in [-0.15, -0.1) is 0 Å². The van der Waals surface area contributed by atoms with E-state index >= 15 is 0 Å². The van der Waals surface area contributed by atoms with Crippen molar-refractivity contribution in [3.05, 3.63) is 53.6 Å². The molecule has 0 saturated heterocycles. The van der Waals surface area contributed by atoms with Gasteiger partial charge in [0.25, 0.3) is 0 Å². The van der Waals surface area contributed by atoms with Crippen LogP contribution < -0.4 is 20.1 Å². The number of hydrogen-bond donors (Lipinski definition) is 2. The summed E-state index contributed by atoms with van der Waals surface area (Å²) in [5, 5.41) is 10.9. The molecule has 2 N–H and O–H groups in total. The zero-order chi connectivity index (χ0) is 21.2. The van der Waals surface area contributed by atoms with Gasteiger partial charge in [-0.2, -0.15) is 0 Å². The monoisotopic (exact) mass is 417 g/mol. The lowest BCUT2D eigenvalue weighted by atomic mass is 10.0. The van der Waals surface area contributed by atoms with Crippen LogP contribution in [0.1, 0.15) is 11.1 Å². The van der Waals surface area contributed by atoms with Crippen LogP contribution in [0, 0.1) is 0 Å². The number of aliphatic imine (C=N–C) groups is 2. The van der Waals surface area contributed by atoms with Gasteiger partial charge in [-0.1, -0.05) is 5.16 Å². The minimum Gasteiger partial charge on any atom is -0.496 e. The van der Waals surface area contributed by atoms with Crippen LogP contribution in [0.3, 0.4) is 0 Å². The summed E-state index contributed by atoms with van der Waals surface area (Å²) in [5.74, 6) is 3.79. The minimum absolute atomic E-state index is 0.607. The molecule has 31 heavy (non-hydrogen) atoms. The molecule has 2 aliphatic heterocycles. The van der Waals surface area contributed by atoms with Gasteiger partial charge in [-0.3, -0.25) is 9.98 Å². The maximum atomic E-state index is 5.74. The summed E-state index contributed by atoms with van der Waals surface area (Å²) in [4.78, 5) is 9.01. The van der Waals surface area contributed by atoms with Gasteiger partial charge in [0, 0.05) is 35.8 Å². The fourth-order valence-electron chi connectivity index (χ4n) is 3.81. The Balaban J connectivity index is 1.55. The maximum absolute atomic E-state index is 5.74. The Kier molecular flexibility index (Phi) is 5.03. The lowest BCUT2D eigenvalue weighted by Crippen LogP contribution is -2.19. The first kappa shape index (κ1) is 19.2. The zero-order valence-electron chi connectivity index (χ0n) is 17.4. The van der Waals surface area contributed by atoms with Gasteiger partial charge in [0.15, 0.2) is 5.76 Å². The Bertz CT molecular complexity index is 1090. The molecule has 8 heteroatoms. The van der Waals surface area contributed by atoms with Crippen molar-refractivity contribution in [2.75, 3.05) is 40.4 Å². The van der Waals surface area contributed by atoms with E-state index < -0.39 is 0 Å². The van der Waals surface area contributed by atoms with E-state index in [1.54, 1.807) is 14.2 Å². The molecule has 0 unspecified atom stereocenters. The van der Waals surface area contributed by atoms with E-state index in [4.69, 9.17) is 14.0 Å². The van der Waals surface area contributed by atoms with Gasteiger partial charge in [0.1, 0.15) is 28.9 Å². The third-order valence-corrected chi connectivity index (χ3v) is 5.35. The van der Waals surface area contributed by atoms with E-state index in [0.29, 0.717) is 23.0 Å². The average Bonchev–Trinajstić information content (AvgIpc) is 3.60. The lowest BCUT2D eigenvalue weighted by Gasteiger charge is -2.09. The Hall–Kier alpha value is -3.81. The number of aromatic nitrogens is 1. The second-order valence-corrected chi connectivity index (χ2v) is 7.22. The van der Waals surface area contributed by atoms with Gasteiger partial charge in [-0.05, 0) is 36.4 Å². The third kappa shape index (κ3) is 3.61. The van der Waals surface area contributed by atoms with E-state index in [0.717, 1.165) is 60.1 Å². The van der Waals surface area contributed by atoms with Crippen molar-refractivity contribution in [2.24, 2.45) is 9.98 Å². The van der Waals surface area contributed by atoms with Crippen molar-refractivity contribution < 1.29 is 14.0 Å². The van der Waals surface area contributed by atoms with Gasteiger partial charge in [-0.25, -0.2) is 0 Å². The normalized spacial score (nSPS) is 15.2. The number of ether oxygens (including phenoxy) is 2. The molecule has 8 nitrogen and oxygen atoms in total. The van der Waals surface area contributed by atoms with Crippen LogP contribution in [0.15, 0.2) is 57.0 Å². The average molecular weight is 417 g/mol. The Morgan fingerprint density at radius 1 is 0.774 bits per heavy atom. The molecule has 1 aromatic heterocycles. The fourth-order valence-corrected chi connectivity index (χ4v) is 3.81. The first-order valence-corrected chi connectivity index (χ1v) is 10.2. The minimum atomic E-state index is 0.607. The number of hydrogen-bond acceptors (Lipinski definition) is 8. The van der Waals surface area contributed by atoms with Crippen molar-refractivity contribution in [3.8, 4) is 34.1 Å². The number of amidine groups is 2. The van der Waals surface area contributed by atoms with E-state index in [9.17, 15) is 0 Å². The summed E-state index contributed by atoms with van der Waals surface area (Å²) in [6.07, 6.45) is 0. The van der Waals surface area contributed by atoms with Crippen molar-refractivity contribution in [1.29, 1.82) is 0 Å². The highest BCUT2D eigenvalue weighted by atomic mass is 16.5. The zero-order valence-corrected chi connectivity index (χ0v) is 17.4. The van der Waals surface area contributed by atoms with Crippen LogP contribution in [-0.4, -0.2) is 57.2 Å². The molecule has 2 aromatic carbocycles. The first-order chi connectivity index (χ1) is 15.3. The predicted molar refractivity (Wildman–Crippen MR) is 119 cm³/mol. The molecule has 0 fully saturated rings. The quantitative estimate of drug-likeness (QED) is 0.641. The fraction of sp³-hybridized carbons (Fsp3) is 0.261. The van der Waals surface area contributed by atoms with Crippen LogP contribution >= 0.6 is 0 Å². The van der Waals surface area contributed by atoms with Gasteiger partial charge >= 0.3 is 0 Å². The van der Waals surface area contributed by atoms with Crippen LogP contribution in [-0.2, 0) is 0 Å². The molecule has 0 saturated carbocycles. The molecule has 0 radical (unpaired) electrons. The third-order valence-electron chi connectivity index (χ3n) is 5.35. The van der Waals surface area contributed by atoms with Crippen LogP contribution in [0.5, 0.6) is 11.5 Å². The highest BCUT2D eigenvalue weighted by Gasteiger charge is 2.19. The number of nitrogens with one attached hydrogen (secondary N) is 2. The number of nitrogens with zero attached hydrogens (tertiary/aromatic N) is 3. The molecule has 0 atom stereocenters. The van der Waals surface area contributed by atoms with E-state index in [-0.39, 0.29) is 0 Å². The van der Waals surface area contributed by atoms with E-state index in [2.05, 4.69) is 25.8 Å². The van der Waals surface area contributed by atoms with Gasteiger partial charge in [0.2, 0.25) is 0 Å². The second-order valence-electron chi connectivity index (χ2n) is 7.22. The Morgan fingerprint density at radius 3 is 1.90 bits per heavy atom. The molecule has 0 amide bonds. The van der Waals surface area contributed by atoms with E-state index in [1.165, 1.54) is 0 Å². The van der Waals surface area contributed by atoms with Crippen molar-refractivity contribution in [3.63, 3.8) is 0 Å². The van der Waals surface area contributed by atoms with E-state index in [1.807, 2.05) is 42.5 Å². The van der Waals surface area contributed by atoms with Crippen molar-refractivity contribution >= 4 is 11.7 Å². The summed E-state index contributed by atoms with van der Waals surface area (Å²) in [6.45, 7) is 3.25. The summed E-state index contributed by atoms with van der Waals surface area (Å²) < 4.78 is 16.9. The lowest BCUT2D eigenvalue weighted by molar-refractivity contribution is 0.405. The molecule has 0 spiro atoms. The molecule has 3 heterocycles. The molecule has 0 bridgehead atoms. The molecule has 3 aromatic rings.